The van der Waals surface area contributed by atoms with Crippen molar-refractivity contribution >= 4 is 33.3 Å². The van der Waals surface area contributed by atoms with Crippen molar-refractivity contribution in [3.05, 3.63) is 59.8 Å². The Bertz CT molecular complexity index is 1460. The molecular formula is C28H33FN6O3S. The summed E-state index contributed by atoms with van der Waals surface area (Å²) in [5.74, 6) is 0.0585. The van der Waals surface area contributed by atoms with Gasteiger partial charge in [0.2, 0.25) is 5.95 Å². The molecule has 5 rings (SSSR count). The third-order valence-electron chi connectivity index (χ3n) is 7.62. The highest BCUT2D eigenvalue weighted by molar-refractivity contribution is 7.21. The fraction of sp³-hybridized carbons (Fsp3) is 0.429. The molecule has 4 atom stereocenters. The van der Waals surface area contributed by atoms with Gasteiger partial charge in [-0.2, -0.15) is 4.98 Å². The molecule has 0 aliphatic heterocycles. The van der Waals surface area contributed by atoms with Crippen LogP contribution in [0.15, 0.2) is 42.7 Å². The zero-order chi connectivity index (χ0) is 27.9. The number of aryl methyl sites for hydroxylation is 1. The maximum absolute atomic E-state index is 13.9. The van der Waals surface area contributed by atoms with Gasteiger partial charge >= 0.3 is 0 Å². The van der Waals surface area contributed by atoms with Gasteiger partial charge in [0.25, 0.3) is 0 Å². The van der Waals surface area contributed by atoms with Gasteiger partial charge in [-0.1, -0.05) is 26.0 Å². The van der Waals surface area contributed by atoms with Crippen LogP contribution in [-0.2, 0) is 5.41 Å². The smallest absolute Gasteiger partial charge is 0.224 e. The number of nitrogens with zero attached hydrogens (tertiary/aromatic N) is 4. The van der Waals surface area contributed by atoms with E-state index in [1.807, 2.05) is 32.9 Å². The Morgan fingerprint density at radius 1 is 1.21 bits per heavy atom. The van der Waals surface area contributed by atoms with Crippen LogP contribution < -0.4 is 10.6 Å². The molecule has 1 fully saturated rings. The zero-order valence-corrected chi connectivity index (χ0v) is 23.1. The van der Waals surface area contributed by atoms with Gasteiger partial charge in [-0.05, 0) is 44.0 Å². The molecule has 0 amide bonds. The number of anilines is 2. The van der Waals surface area contributed by atoms with Crippen molar-refractivity contribution < 1.29 is 19.7 Å². The molecule has 0 bridgehead atoms. The molecule has 4 aromatic rings. The van der Waals surface area contributed by atoms with Crippen molar-refractivity contribution in [1.82, 2.24) is 19.9 Å². The van der Waals surface area contributed by atoms with Crippen LogP contribution in [0.3, 0.4) is 0 Å². The van der Waals surface area contributed by atoms with Crippen LogP contribution in [0.25, 0.3) is 20.8 Å². The van der Waals surface area contributed by atoms with E-state index in [4.69, 9.17) is 15.0 Å². The van der Waals surface area contributed by atoms with E-state index in [2.05, 4.69) is 15.6 Å². The van der Waals surface area contributed by atoms with E-state index >= 15 is 0 Å². The largest absolute Gasteiger partial charge is 0.396 e. The van der Waals surface area contributed by atoms with Crippen molar-refractivity contribution in [3.8, 4) is 10.6 Å². The molecule has 1 aliphatic carbocycles. The molecule has 1 saturated carbocycles. The molecular weight excluding hydrogens is 519 g/mol. The van der Waals surface area contributed by atoms with Crippen LogP contribution in [0, 0.1) is 18.7 Å². The lowest BCUT2D eigenvalue weighted by molar-refractivity contribution is -0.0647. The van der Waals surface area contributed by atoms with Gasteiger partial charge in [0, 0.05) is 30.7 Å². The third-order valence-corrected chi connectivity index (χ3v) is 8.68. The van der Waals surface area contributed by atoms with Gasteiger partial charge < -0.3 is 26.0 Å². The normalized spacial score (nSPS) is 23.3. The van der Waals surface area contributed by atoms with Crippen LogP contribution in [-0.4, -0.2) is 66.2 Å². The monoisotopic (exact) mass is 552 g/mol. The van der Waals surface area contributed by atoms with E-state index in [9.17, 15) is 19.7 Å². The summed E-state index contributed by atoms with van der Waals surface area (Å²) in [5.41, 5.74) is 1.04. The highest BCUT2D eigenvalue weighted by atomic mass is 32.1. The van der Waals surface area contributed by atoms with E-state index in [1.165, 1.54) is 23.5 Å². The Kier molecular flexibility index (Phi) is 7.27. The average molecular weight is 553 g/mol. The summed E-state index contributed by atoms with van der Waals surface area (Å²) in [6.07, 6.45) is 2.68. The summed E-state index contributed by atoms with van der Waals surface area (Å²) in [5, 5.41) is 38.8. The summed E-state index contributed by atoms with van der Waals surface area (Å²) < 4.78 is 14.8. The summed E-state index contributed by atoms with van der Waals surface area (Å²) in [4.78, 5) is 18.4. The molecule has 0 saturated heterocycles. The third kappa shape index (κ3) is 5.31. The molecule has 1 aliphatic rings. The van der Waals surface area contributed by atoms with Gasteiger partial charge in [0.05, 0.1) is 34.3 Å². The summed E-state index contributed by atoms with van der Waals surface area (Å²) in [6, 6.07) is 7.85. The lowest BCUT2D eigenvalue weighted by atomic mass is 9.84. The van der Waals surface area contributed by atoms with E-state index in [1.54, 1.807) is 25.4 Å². The Hall–Kier alpha value is -3.25. The quantitative estimate of drug-likeness (QED) is 0.221. The van der Waals surface area contributed by atoms with E-state index in [-0.39, 0.29) is 12.4 Å². The Labute approximate surface area is 230 Å². The van der Waals surface area contributed by atoms with Gasteiger partial charge in [-0.3, -0.25) is 4.98 Å². The number of fused-ring (bicyclic) bond motifs is 1. The molecule has 3 heterocycles. The van der Waals surface area contributed by atoms with Crippen molar-refractivity contribution in [2.75, 3.05) is 23.8 Å². The molecule has 11 heteroatoms. The fourth-order valence-electron chi connectivity index (χ4n) is 5.11. The highest BCUT2D eigenvalue weighted by Gasteiger charge is 2.50. The molecule has 3 aromatic heterocycles. The van der Waals surface area contributed by atoms with Gasteiger partial charge in [-0.25, -0.2) is 14.4 Å². The van der Waals surface area contributed by atoms with E-state index in [0.717, 1.165) is 15.8 Å². The molecule has 5 N–H and O–H groups in total. The van der Waals surface area contributed by atoms with Crippen LogP contribution in [0.1, 0.15) is 38.4 Å². The SMILES string of the molecule is Cc1nc(NCC(C)(C)c2cccc(F)c2)nc(NC2CC(CO)C(O)C2(C)O)c1-c1nc2cnccc2s1. The number of halogens is 1. The van der Waals surface area contributed by atoms with E-state index in [0.29, 0.717) is 41.0 Å². The van der Waals surface area contributed by atoms with Crippen molar-refractivity contribution in [1.29, 1.82) is 0 Å². The zero-order valence-electron chi connectivity index (χ0n) is 22.3. The lowest BCUT2D eigenvalue weighted by Gasteiger charge is -2.30. The van der Waals surface area contributed by atoms with Crippen LogP contribution >= 0.6 is 11.3 Å². The number of hydrogen-bond acceptors (Lipinski definition) is 10. The first kappa shape index (κ1) is 27.3. The Morgan fingerprint density at radius 3 is 2.69 bits per heavy atom. The number of rotatable bonds is 8. The highest BCUT2D eigenvalue weighted by Crippen LogP contribution is 2.40. The van der Waals surface area contributed by atoms with Crippen molar-refractivity contribution in [2.24, 2.45) is 5.92 Å². The summed E-state index contributed by atoms with van der Waals surface area (Å²) in [7, 11) is 0. The number of nitrogens with one attached hydrogen (secondary N) is 2. The van der Waals surface area contributed by atoms with Crippen LogP contribution in [0.5, 0.6) is 0 Å². The number of aromatic nitrogens is 4. The second-order valence-electron chi connectivity index (χ2n) is 11.0. The minimum Gasteiger partial charge on any atom is -0.396 e. The number of benzene rings is 1. The first-order chi connectivity index (χ1) is 18.5. The molecule has 9 nitrogen and oxygen atoms in total. The number of hydrogen-bond donors (Lipinski definition) is 5. The van der Waals surface area contributed by atoms with Crippen LogP contribution in [0.4, 0.5) is 16.2 Å². The fourth-order valence-corrected chi connectivity index (χ4v) is 6.14. The predicted molar refractivity (Wildman–Crippen MR) is 150 cm³/mol. The summed E-state index contributed by atoms with van der Waals surface area (Å²) >= 11 is 1.49. The molecule has 0 spiro atoms. The standard InChI is InChI=1S/C28H33FN6O3S/c1-15-22(25-33-19-12-30-9-8-20(19)39-25)24(34-21-10-16(13-36)23(37)28(21,4)38)35-26(32-15)31-14-27(2,3)17-6-5-7-18(29)11-17/h5-9,11-12,16,21,23,36-38H,10,13-14H2,1-4H3,(H2,31,32,34,35). The Morgan fingerprint density at radius 2 is 2.00 bits per heavy atom. The lowest BCUT2D eigenvalue weighted by Crippen LogP contribution is -2.48. The second kappa shape index (κ2) is 10.4. The van der Waals surface area contributed by atoms with Crippen molar-refractivity contribution in [3.63, 3.8) is 0 Å². The summed E-state index contributed by atoms with van der Waals surface area (Å²) in [6.45, 7) is 7.65. The van der Waals surface area contributed by atoms with Crippen molar-refractivity contribution in [2.45, 2.75) is 57.3 Å². The number of aliphatic hydroxyl groups is 3. The predicted octanol–water partition coefficient (Wildman–Crippen LogP) is 3.89. The number of pyridine rings is 1. The van der Waals surface area contributed by atoms with E-state index < -0.39 is 29.1 Å². The first-order valence-electron chi connectivity index (χ1n) is 12.9. The number of thiazole rings is 1. The minimum atomic E-state index is -1.49. The first-order valence-corrected chi connectivity index (χ1v) is 13.7. The topological polar surface area (TPSA) is 136 Å². The van der Waals surface area contributed by atoms with Gasteiger partial charge in [0.15, 0.2) is 0 Å². The average Bonchev–Trinajstić information content (AvgIpc) is 3.41. The van der Waals surface area contributed by atoms with Gasteiger partial charge in [0.1, 0.15) is 27.8 Å². The molecule has 4 unspecified atom stereocenters. The maximum Gasteiger partial charge on any atom is 0.224 e. The van der Waals surface area contributed by atoms with Crippen LogP contribution in [0.2, 0.25) is 0 Å². The molecule has 1 aromatic carbocycles. The van der Waals surface area contributed by atoms with Gasteiger partial charge in [-0.15, -0.1) is 11.3 Å². The molecule has 0 radical (unpaired) electrons. The Balaban J connectivity index is 1.51. The molecule has 206 valence electrons. The molecule has 39 heavy (non-hydrogen) atoms. The maximum atomic E-state index is 13.9. The minimum absolute atomic E-state index is 0.238. The second-order valence-corrected chi connectivity index (χ2v) is 12.0. The number of aliphatic hydroxyl groups excluding tert-OH is 2.